The molecule has 2 rings (SSSR count). The van der Waals surface area contributed by atoms with Crippen molar-refractivity contribution in [1.82, 2.24) is 15.4 Å². The average molecular weight is 426 g/mol. The Labute approximate surface area is 182 Å². The fraction of sp³-hybridized carbons (Fsp3) is 0.864. The van der Waals surface area contributed by atoms with Crippen LogP contribution in [0.15, 0.2) is 12.2 Å². The van der Waals surface area contributed by atoms with E-state index in [4.69, 9.17) is 11.5 Å². The molecular weight excluding hydrogens is 382 g/mol. The van der Waals surface area contributed by atoms with Crippen molar-refractivity contribution in [3.05, 3.63) is 12.2 Å². The van der Waals surface area contributed by atoms with Gasteiger partial charge in [-0.2, -0.15) is 0 Å². The Morgan fingerprint density at radius 3 is 1.80 bits per heavy atom. The Bertz CT molecular complexity index is 630. The molecule has 0 aromatic heterocycles. The zero-order chi connectivity index (χ0) is 23.7. The fourth-order valence-electron chi connectivity index (χ4n) is 4.45. The summed E-state index contributed by atoms with van der Waals surface area (Å²) in [5.74, 6) is -0.504. The zero-order valence-corrected chi connectivity index (χ0v) is 20.2. The van der Waals surface area contributed by atoms with Crippen LogP contribution in [0, 0.1) is 0 Å². The number of rotatable bonds is 4. The number of amides is 1. The first-order chi connectivity index (χ1) is 13.4. The molecule has 0 spiro atoms. The van der Waals surface area contributed by atoms with Crippen LogP contribution < -0.4 is 16.8 Å². The lowest BCUT2D eigenvalue weighted by atomic mass is 9.78. The molecule has 30 heavy (non-hydrogen) atoms. The summed E-state index contributed by atoms with van der Waals surface area (Å²) in [6.07, 6.45) is 3.55. The van der Waals surface area contributed by atoms with Crippen LogP contribution in [0.3, 0.4) is 0 Å². The molecule has 2 heterocycles. The summed E-state index contributed by atoms with van der Waals surface area (Å²) in [5.41, 5.74) is 9.84. The van der Waals surface area contributed by atoms with Crippen molar-refractivity contribution in [1.29, 1.82) is 0 Å². The highest BCUT2D eigenvalue weighted by molar-refractivity contribution is 5.91. The zero-order valence-electron chi connectivity index (χ0n) is 20.2. The van der Waals surface area contributed by atoms with Crippen molar-refractivity contribution in [2.75, 3.05) is 6.54 Å². The second-order valence-corrected chi connectivity index (χ2v) is 11.1. The van der Waals surface area contributed by atoms with E-state index in [0.29, 0.717) is 12.1 Å². The molecule has 2 radical (unpaired) electrons. The molecule has 8 nitrogen and oxygen atoms in total. The molecular formula is C22H43N5O3. The molecule has 2 aliphatic rings. The third-order valence-electron chi connectivity index (χ3n) is 6.93. The van der Waals surface area contributed by atoms with E-state index in [1.807, 2.05) is 55.4 Å². The largest absolute Gasteiger partial charge is 0.366 e. The molecule has 2 aliphatic heterocycles. The van der Waals surface area contributed by atoms with E-state index < -0.39 is 17.0 Å². The lowest BCUT2D eigenvalue weighted by Crippen LogP contribution is -2.66. The predicted octanol–water partition coefficient (Wildman–Crippen LogP) is 2.30. The number of hydrogen-bond acceptors (Lipinski definition) is 5. The maximum atomic E-state index is 12.3. The summed E-state index contributed by atoms with van der Waals surface area (Å²) < 4.78 is 0. The molecule has 0 aliphatic carbocycles. The minimum Gasteiger partial charge on any atom is -0.366 e. The monoisotopic (exact) mass is 425 g/mol. The second kappa shape index (κ2) is 9.22. The Hall–Kier alpha value is -1.03. The van der Waals surface area contributed by atoms with Crippen LogP contribution in [-0.2, 0) is 15.2 Å². The van der Waals surface area contributed by atoms with Crippen molar-refractivity contribution in [2.45, 2.75) is 115 Å². The van der Waals surface area contributed by atoms with Crippen LogP contribution in [0.2, 0.25) is 0 Å². The third kappa shape index (κ3) is 5.81. The Morgan fingerprint density at radius 2 is 1.37 bits per heavy atom. The first kappa shape index (κ1) is 27.0. The molecule has 1 amide bonds. The Kier molecular flexibility index (Phi) is 8.30. The number of primary amides is 1. The van der Waals surface area contributed by atoms with Gasteiger partial charge in [-0.25, -0.2) is 0 Å². The van der Waals surface area contributed by atoms with E-state index in [9.17, 15) is 15.2 Å². The van der Waals surface area contributed by atoms with Gasteiger partial charge < -0.3 is 16.8 Å². The van der Waals surface area contributed by atoms with Gasteiger partial charge in [-0.15, -0.1) is 20.5 Å². The maximum Gasteiger partial charge on any atom is 0.245 e. The SMILES string of the molecule is C=C(CNC1CCC(C)(C)N([O])C1(C)C)C(N)=O.CC1(C)CCC(N)C(C)(C)N1[O]. The van der Waals surface area contributed by atoms with E-state index in [2.05, 4.69) is 11.9 Å². The van der Waals surface area contributed by atoms with Gasteiger partial charge in [0.25, 0.3) is 0 Å². The summed E-state index contributed by atoms with van der Waals surface area (Å²) in [6, 6.07) is 0.0298. The fourth-order valence-corrected chi connectivity index (χ4v) is 4.45. The van der Waals surface area contributed by atoms with Crippen LogP contribution in [0.5, 0.6) is 0 Å². The predicted molar refractivity (Wildman–Crippen MR) is 118 cm³/mol. The van der Waals surface area contributed by atoms with Crippen LogP contribution in [0.25, 0.3) is 0 Å². The van der Waals surface area contributed by atoms with E-state index in [1.54, 1.807) is 0 Å². The summed E-state index contributed by atoms with van der Waals surface area (Å²) >= 11 is 0. The van der Waals surface area contributed by atoms with Gasteiger partial charge in [0.05, 0.1) is 11.1 Å². The maximum absolute atomic E-state index is 12.3. The lowest BCUT2D eigenvalue weighted by Gasteiger charge is -2.51. The van der Waals surface area contributed by atoms with Crippen molar-refractivity contribution in [2.24, 2.45) is 11.5 Å². The average Bonchev–Trinajstić information content (AvgIpc) is 2.62. The molecule has 2 saturated heterocycles. The quantitative estimate of drug-likeness (QED) is 0.596. The number of carbonyl (C=O) groups excluding carboxylic acids is 1. The van der Waals surface area contributed by atoms with Crippen LogP contribution >= 0.6 is 0 Å². The van der Waals surface area contributed by atoms with Gasteiger partial charge in [-0.05, 0) is 81.1 Å². The summed E-state index contributed by atoms with van der Waals surface area (Å²) in [6.45, 7) is 19.5. The van der Waals surface area contributed by atoms with Crippen LogP contribution in [-0.4, -0.2) is 56.8 Å². The molecule has 8 heteroatoms. The van der Waals surface area contributed by atoms with Gasteiger partial charge in [0.2, 0.25) is 5.91 Å². The minimum absolute atomic E-state index is 0.00280. The van der Waals surface area contributed by atoms with Crippen molar-refractivity contribution < 1.29 is 15.2 Å². The molecule has 0 aromatic carbocycles. The molecule has 0 bridgehead atoms. The first-order valence-corrected chi connectivity index (χ1v) is 10.8. The van der Waals surface area contributed by atoms with E-state index in [-0.39, 0.29) is 23.2 Å². The summed E-state index contributed by atoms with van der Waals surface area (Å²) in [5, 5.41) is 29.7. The number of nitrogens with zero attached hydrogens (tertiary/aromatic N) is 2. The second-order valence-electron chi connectivity index (χ2n) is 11.1. The Morgan fingerprint density at radius 1 is 0.933 bits per heavy atom. The molecule has 2 atom stereocenters. The van der Waals surface area contributed by atoms with Crippen molar-refractivity contribution in [3.63, 3.8) is 0 Å². The van der Waals surface area contributed by atoms with Gasteiger partial charge in [0.1, 0.15) is 0 Å². The van der Waals surface area contributed by atoms with E-state index >= 15 is 0 Å². The first-order valence-electron chi connectivity index (χ1n) is 10.8. The molecule has 0 saturated carbocycles. The molecule has 2 unspecified atom stereocenters. The summed E-state index contributed by atoms with van der Waals surface area (Å²) in [7, 11) is 0. The topological polar surface area (TPSA) is 127 Å². The number of hydroxylamine groups is 4. The number of nitrogens with two attached hydrogens (primary N) is 2. The van der Waals surface area contributed by atoms with E-state index in [0.717, 1.165) is 35.8 Å². The third-order valence-corrected chi connectivity index (χ3v) is 6.93. The van der Waals surface area contributed by atoms with Crippen LogP contribution in [0.4, 0.5) is 0 Å². The molecule has 5 N–H and O–H groups in total. The Balaban J connectivity index is 0.000000325. The highest BCUT2D eigenvalue weighted by Crippen LogP contribution is 2.37. The summed E-state index contributed by atoms with van der Waals surface area (Å²) in [4.78, 5) is 10.9. The smallest absolute Gasteiger partial charge is 0.245 e. The highest BCUT2D eigenvalue weighted by atomic mass is 16.5. The molecule has 0 aromatic rings. The van der Waals surface area contributed by atoms with Gasteiger partial charge >= 0.3 is 0 Å². The van der Waals surface area contributed by atoms with E-state index in [1.165, 1.54) is 0 Å². The van der Waals surface area contributed by atoms with Gasteiger partial charge in [-0.1, -0.05) is 6.58 Å². The van der Waals surface area contributed by atoms with Gasteiger partial charge in [-0.3, -0.25) is 4.79 Å². The normalized spacial score (nSPS) is 30.1. The standard InChI is InChI=1S/C13H24N3O2.C9H19N2O/c1-9(11(14)17)8-15-10-6-7-12(2,3)16(18)13(10,4)5;1-8(2)6-5-7(10)9(3,4)11(8)12/h10,15H,1,6-8H2,2-5H3,(H2,14,17);7H,5-6,10H2,1-4H3. The lowest BCUT2D eigenvalue weighted by molar-refractivity contribution is -0.293. The molecule has 2 fully saturated rings. The molecule has 174 valence electrons. The van der Waals surface area contributed by atoms with Crippen molar-refractivity contribution >= 4 is 5.91 Å². The number of nitrogens with one attached hydrogen (secondary N) is 1. The minimum atomic E-state index is -0.514. The van der Waals surface area contributed by atoms with Crippen molar-refractivity contribution in [3.8, 4) is 0 Å². The number of piperidine rings is 2. The highest BCUT2D eigenvalue weighted by Gasteiger charge is 2.48. The van der Waals surface area contributed by atoms with Crippen LogP contribution in [0.1, 0.15) is 81.1 Å². The van der Waals surface area contributed by atoms with Gasteiger partial charge in [0.15, 0.2) is 0 Å². The number of hydrogen-bond donors (Lipinski definition) is 3. The number of carbonyl (C=O) groups is 1. The van der Waals surface area contributed by atoms with Gasteiger partial charge in [0, 0.05) is 35.3 Å².